The molecule has 7 heteroatoms. The van der Waals surface area contributed by atoms with Gasteiger partial charge < -0.3 is 20.3 Å². The third-order valence-corrected chi connectivity index (χ3v) is 6.39. The topological polar surface area (TPSA) is 87.7 Å². The van der Waals surface area contributed by atoms with E-state index in [1.165, 1.54) is 4.90 Å². The number of likely N-dealkylation sites (N-methyl/N-ethyl adjacent to an activating group) is 1. The first-order valence-electron chi connectivity index (χ1n) is 12.5. The summed E-state index contributed by atoms with van der Waals surface area (Å²) in [5.74, 6) is -0.807. The van der Waals surface area contributed by atoms with Gasteiger partial charge in [-0.3, -0.25) is 9.59 Å². The van der Waals surface area contributed by atoms with Crippen molar-refractivity contribution in [2.45, 2.75) is 79.1 Å². The van der Waals surface area contributed by atoms with Gasteiger partial charge in [0, 0.05) is 13.6 Å². The predicted molar refractivity (Wildman–Crippen MR) is 142 cm³/mol. The van der Waals surface area contributed by atoms with Crippen LogP contribution in [0.4, 0.5) is 4.79 Å². The third kappa shape index (κ3) is 7.83. The molecule has 0 saturated carbocycles. The number of aryl methyl sites for hydroxylation is 1. The predicted octanol–water partition coefficient (Wildman–Crippen LogP) is 5.06. The monoisotopic (exact) mass is 495 g/mol. The summed E-state index contributed by atoms with van der Waals surface area (Å²) in [6, 6.07) is 13.7. The first-order chi connectivity index (χ1) is 16.9. The van der Waals surface area contributed by atoms with Crippen molar-refractivity contribution in [3.05, 3.63) is 70.8 Å². The highest BCUT2D eigenvalue weighted by Crippen LogP contribution is 2.27. The number of carbonyl (C=O) groups is 3. The molecule has 0 aliphatic rings. The average molecular weight is 496 g/mol. The third-order valence-electron chi connectivity index (χ3n) is 6.39. The van der Waals surface area contributed by atoms with Crippen molar-refractivity contribution in [1.82, 2.24) is 15.5 Å². The molecule has 0 fully saturated rings. The molecule has 36 heavy (non-hydrogen) atoms. The summed E-state index contributed by atoms with van der Waals surface area (Å²) in [5.41, 5.74) is 2.98. The molecule has 2 N–H and O–H groups in total. The standard InChI is InChI=1S/C29H41N3O4/c1-9-19(2)24(31-28(35)36-29(5,6)7)27(34)32(8)25(23-17-13-14-20(3)21(23)4)26(33)30-18-22-15-11-10-12-16-22/h10-17,19,24-25H,9,18H2,1-8H3,(H,30,33)(H,31,35). The van der Waals surface area contributed by atoms with Crippen LogP contribution in [0.25, 0.3) is 0 Å². The maximum Gasteiger partial charge on any atom is 0.408 e. The van der Waals surface area contributed by atoms with Crippen molar-refractivity contribution in [1.29, 1.82) is 0 Å². The second kappa shape index (κ2) is 12.6. The van der Waals surface area contributed by atoms with E-state index in [2.05, 4.69) is 10.6 Å². The molecule has 0 aliphatic carbocycles. The SMILES string of the molecule is CCC(C)C(NC(=O)OC(C)(C)C)C(=O)N(C)C(C(=O)NCc1ccccc1)c1cccc(C)c1C. The number of carbonyl (C=O) groups excluding carboxylic acids is 3. The molecule has 2 rings (SSSR count). The first kappa shape index (κ1) is 28.9. The van der Waals surface area contributed by atoms with Crippen molar-refractivity contribution in [3.8, 4) is 0 Å². The Bertz CT molecular complexity index is 1050. The molecule has 0 bridgehead atoms. The van der Waals surface area contributed by atoms with Crippen LogP contribution in [0.5, 0.6) is 0 Å². The molecule has 0 saturated heterocycles. The number of hydrogen-bond donors (Lipinski definition) is 2. The van der Waals surface area contributed by atoms with E-state index in [1.807, 2.05) is 76.2 Å². The molecule has 0 radical (unpaired) electrons. The molecule has 196 valence electrons. The highest BCUT2D eigenvalue weighted by Gasteiger charge is 2.36. The van der Waals surface area contributed by atoms with E-state index in [0.717, 1.165) is 22.3 Å². The number of nitrogens with zero attached hydrogens (tertiary/aromatic N) is 1. The van der Waals surface area contributed by atoms with E-state index >= 15 is 0 Å². The van der Waals surface area contributed by atoms with E-state index in [0.29, 0.717) is 13.0 Å². The fourth-order valence-electron chi connectivity index (χ4n) is 3.94. The lowest BCUT2D eigenvalue weighted by molar-refractivity contribution is -0.141. The van der Waals surface area contributed by atoms with Gasteiger partial charge in [-0.05, 0) is 62.8 Å². The van der Waals surface area contributed by atoms with Gasteiger partial charge in [0.25, 0.3) is 0 Å². The van der Waals surface area contributed by atoms with Gasteiger partial charge in [-0.15, -0.1) is 0 Å². The van der Waals surface area contributed by atoms with Gasteiger partial charge in [-0.1, -0.05) is 68.8 Å². The van der Waals surface area contributed by atoms with Gasteiger partial charge in [0.15, 0.2) is 0 Å². The minimum atomic E-state index is -0.867. The zero-order valence-corrected chi connectivity index (χ0v) is 22.8. The van der Waals surface area contributed by atoms with Crippen LogP contribution in [-0.2, 0) is 20.9 Å². The molecular weight excluding hydrogens is 454 g/mol. The highest BCUT2D eigenvalue weighted by atomic mass is 16.6. The molecule has 0 spiro atoms. The second-order valence-corrected chi connectivity index (χ2v) is 10.4. The van der Waals surface area contributed by atoms with Gasteiger partial charge in [0.2, 0.25) is 11.8 Å². The number of rotatable bonds is 9. The number of amides is 3. The Kier molecular flexibility index (Phi) is 10.1. The van der Waals surface area contributed by atoms with Crippen molar-refractivity contribution >= 4 is 17.9 Å². The number of nitrogens with one attached hydrogen (secondary N) is 2. The molecule has 0 aromatic heterocycles. The van der Waals surface area contributed by atoms with Gasteiger partial charge >= 0.3 is 6.09 Å². The van der Waals surface area contributed by atoms with Gasteiger partial charge in [-0.25, -0.2) is 4.79 Å². The first-order valence-corrected chi connectivity index (χ1v) is 12.5. The smallest absolute Gasteiger partial charge is 0.408 e. The van der Waals surface area contributed by atoms with Gasteiger partial charge in [-0.2, -0.15) is 0 Å². The largest absolute Gasteiger partial charge is 0.444 e. The fourth-order valence-corrected chi connectivity index (χ4v) is 3.94. The van der Waals surface area contributed by atoms with Crippen LogP contribution < -0.4 is 10.6 Å². The normalized spacial score (nSPS) is 13.8. The van der Waals surface area contributed by atoms with Crippen LogP contribution in [0.1, 0.15) is 69.3 Å². The minimum Gasteiger partial charge on any atom is -0.444 e. The summed E-state index contributed by atoms with van der Waals surface area (Å²) < 4.78 is 5.41. The van der Waals surface area contributed by atoms with E-state index in [9.17, 15) is 14.4 Å². The van der Waals surface area contributed by atoms with Crippen LogP contribution in [0.2, 0.25) is 0 Å². The number of hydrogen-bond acceptors (Lipinski definition) is 4. The Morgan fingerprint density at radius 2 is 1.64 bits per heavy atom. The zero-order chi connectivity index (χ0) is 27.0. The Morgan fingerprint density at radius 3 is 2.22 bits per heavy atom. The highest BCUT2D eigenvalue weighted by molar-refractivity contribution is 5.92. The Morgan fingerprint density at radius 1 is 1.00 bits per heavy atom. The quantitative estimate of drug-likeness (QED) is 0.509. The summed E-state index contributed by atoms with van der Waals surface area (Å²) in [5, 5.41) is 5.74. The molecule has 3 unspecified atom stereocenters. The molecule has 7 nitrogen and oxygen atoms in total. The molecular formula is C29H41N3O4. The summed E-state index contributed by atoms with van der Waals surface area (Å²) in [6.45, 7) is 13.4. The van der Waals surface area contributed by atoms with Crippen molar-refractivity contribution in [2.24, 2.45) is 5.92 Å². The Balaban J connectivity index is 2.39. The number of benzene rings is 2. The molecule has 0 aliphatic heterocycles. The summed E-state index contributed by atoms with van der Waals surface area (Å²) in [4.78, 5) is 41.4. The van der Waals surface area contributed by atoms with Crippen molar-refractivity contribution in [3.63, 3.8) is 0 Å². The van der Waals surface area contributed by atoms with Crippen LogP contribution in [0, 0.1) is 19.8 Å². The van der Waals surface area contributed by atoms with E-state index in [1.54, 1.807) is 27.8 Å². The van der Waals surface area contributed by atoms with E-state index in [4.69, 9.17) is 4.74 Å². The van der Waals surface area contributed by atoms with E-state index in [-0.39, 0.29) is 17.7 Å². The number of ether oxygens (including phenoxy) is 1. The number of alkyl carbamates (subject to hydrolysis) is 1. The minimum absolute atomic E-state index is 0.167. The van der Waals surface area contributed by atoms with E-state index < -0.39 is 23.8 Å². The lowest BCUT2D eigenvalue weighted by Gasteiger charge is -2.34. The maximum atomic E-state index is 13.8. The molecule has 3 amide bonds. The van der Waals surface area contributed by atoms with Gasteiger partial charge in [0.05, 0.1) is 0 Å². The molecule has 3 atom stereocenters. The molecule has 2 aromatic rings. The van der Waals surface area contributed by atoms with Crippen LogP contribution in [0.3, 0.4) is 0 Å². The average Bonchev–Trinajstić information content (AvgIpc) is 2.82. The second-order valence-electron chi connectivity index (χ2n) is 10.4. The Labute approximate surface area is 215 Å². The molecule has 0 heterocycles. The van der Waals surface area contributed by atoms with Crippen molar-refractivity contribution < 1.29 is 19.1 Å². The zero-order valence-electron chi connectivity index (χ0n) is 22.8. The summed E-state index contributed by atoms with van der Waals surface area (Å²) in [7, 11) is 1.61. The van der Waals surface area contributed by atoms with Crippen molar-refractivity contribution in [2.75, 3.05) is 7.05 Å². The fraction of sp³-hybridized carbons (Fsp3) is 0.483. The van der Waals surface area contributed by atoms with Crippen LogP contribution in [-0.4, -0.2) is 41.5 Å². The Hall–Kier alpha value is -3.35. The summed E-state index contributed by atoms with van der Waals surface area (Å²) >= 11 is 0. The summed E-state index contributed by atoms with van der Waals surface area (Å²) in [6.07, 6.45) is 0.000326. The van der Waals surface area contributed by atoms with Crippen LogP contribution in [0.15, 0.2) is 48.5 Å². The van der Waals surface area contributed by atoms with Crippen LogP contribution >= 0.6 is 0 Å². The van der Waals surface area contributed by atoms with Gasteiger partial charge in [0.1, 0.15) is 17.7 Å². The maximum absolute atomic E-state index is 13.8. The lowest BCUT2D eigenvalue weighted by atomic mass is 9.93. The molecule has 2 aromatic carbocycles. The lowest BCUT2D eigenvalue weighted by Crippen LogP contribution is -2.54.